The van der Waals surface area contributed by atoms with Gasteiger partial charge in [-0.3, -0.25) is 0 Å². The van der Waals surface area contributed by atoms with Crippen LogP contribution in [-0.2, 0) is 5.33 Å². The summed E-state index contributed by atoms with van der Waals surface area (Å²) in [6.07, 6.45) is 9.89. The molecule has 2 saturated carbocycles. The first-order valence-electron chi connectivity index (χ1n) is 8.20. The van der Waals surface area contributed by atoms with Gasteiger partial charge < -0.3 is 4.57 Å². The second kappa shape index (κ2) is 6.17. The van der Waals surface area contributed by atoms with Crippen LogP contribution in [0, 0.1) is 11.8 Å². The fourth-order valence-corrected chi connectivity index (χ4v) is 4.76. The fraction of sp³-hybridized carbons (Fsp3) is 0.875. The van der Waals surface area contributed by atoms with Gasteiger partial charge in [-0.1, -0.05) is 41.6 Å². The summed E-state index contributed by atoms with van der Waals surface area (Å²) in [5.41, 5.74) is 0. The van der Waals surface area contributed by atoms with Crippen molar-refractivity contribution in [3.63, 3.8) is 0 Å². The van der Waals surface area contributed by atoms with Gasteiger partial charge in [0.2, 0.25) is 0 Å². The fourth-order valence-electron chi connectivity index (χ4n) is 4.38. The molecule has 0 aromatic carbocycles. The molecule has 0 aliphatic heterocycles. The minimum absolute atomic E-state index is 0.455. The molecule has 20 heavy (non-hydrogen) atoms. The van der Waals surface area contributed by atoms with Crippen molar-refractivity contribution in [1.29, 1.82) is 0 Å². The topological polar surface area (TPSA) is 30.7 Å². The number of hydrogen-bond acceptors (Lipinski definition) is 2. The van der Waals surface area contributed by atoms with Crippen LogP contribution in [0.5, 0.6) is 0 Å². The van der Waals surface area contributed by atoms with Crippen LogP contribution in [0.2, 0.25) is 0 Å². The van der Waals surface area contributed by atoms with E-state index in [0.29, 0.717) is 12.0 Å². The van der Waals surface area contributed by atoms with E-state index in [1.54, 1.807) is 0 Å². The lowest BCUT2D eigenvalue weighted by Crippen LogP contribution is -2.28. The van der Waals surface area contributed by atoms with Crippen molar-refractivity contribution < 1.29 is 0 Å². The Morgan fingerprint density at radius 2 is 1.85 bits per heavy atom. The Morgan fingerprint density at radius 3 is 2.55 bits per heavy atom. The van der Waals surface area contributed by atoms with Crippen LogP contribution < -0.4 is 0 Å². The molecule has 1 aromatic rings. The average molecular weight is 340 g/mol. The Kier molecular flexibility index (Phi) is 4.49. The molecule has 0 radical (unpaired) electrons. The molecule has 3 atom stereocenters. The molecule has 0 amide bonds. The van der Waals surface area contributed by atoms with Gasteiger partial charge in [-0.05, 0) is 44.9 Å². The first kappa shape index (κ1) is 14.6. The first-order valence-corrected chi connectivity index (χ1v) is 9.32. The highest BCUT2D eigenvalue weighted by atomic mass is 79.9. The van der Waals surface area contributed by atoms with Crippen molar-refractivity contribution in [1.82, 2.24) is 14.8 Å². The minimum atomic E-state index is 0.455. The van der Waals surface area contributed by atoms with Gasteiger partial charge in [0.05, 0.1) is 5.33 Å². The molecule has 2 fully saturated rings. The van der Waals surface area contributed by atoms with Crippen LogP contribution in [0.15, 0.2) is 0 Å². The smallest absolute Gasteiger partial charge is 0.143 e. The number of rotatable bonds is 3. The van der Waals surface area contributed by atoms with E-state index >= 15 is 0 Å². The van der Waals surface area contributed by atoms with Gasteiger partial charge in [-0.2, -0.15) is 0 Å². The average Bonchev–Trinajstić information content (AvgIpc) is 2.91. The van der Waals surface area contributed by atoms with E-state index in [4.69, 9.17) is 0 Å². The second-order valence-electron chi connectivity index (χ2n) is 6.89. The van der Waals surface area contributed by atoms with Crippen LogP contribution in [0.25, 0.3) is 0 Å². The maximum absolute atomic E-state index is 4.55. The number of halogens is 1. The third kappa shape index (κ3) is 2.68. The van der Waals surface area contributed by atoms with Gasteiger partial charge >= 0.3 is 0 Å². The molecule has 3 nitrogen and oxygen atoms in total. The van der Waals surface area contributed by atoms with E-state index in [2.05, 4.69) is 44.5 Å². The molecule has 4 heteroatoms. The lowest BCUT2D eigenvalue weighted by molar-refractivity contribution is 0.151. The van der Waals surface area contributed by atoms with Crippen LogP contribution in [0.4, 0.5) is 0 Å². The predicted molar refractivity (Wildman–Crippen MR) is 85.1 cm³/mol. The zero-order valence-electron chi connectivity index (χ0n) is 12.7. The molecular formula is C16H26BrN3. The van der Waals surface area contributed by atoms with Gasteiger partial charge in [0, 0.05) is 12.0 Å². The third-order valence-corrected chi connectivity index (χ3v) is 5.84. The molecule has 2 aliphatic rings. The molecule has 1 heterocycles. The zero-order valence-corrected chi connectivity index (χ0v) is 14.3. The second-order valence-corrected chi connectivity index (χ2v) is 7.45. The number of aromatic nitrogens is 3. The molecule has 0 N–H and O–H groups in total. The largest absolute Gasteiger partial charge is 0.311 e. The van der Waals surface area contributed by atoms with E-state index in [1.807, 2.05) is 0 Å². The van der Waals surface area contributed by atoms with E-state index in [9.17, 15) is 0 Å². The lowest BCUT2D eigenvalue weighted by Gasteiger charge is -2.39. The summed E-state index contributed by atoms with van der Waals surface area (Å²) >= 11 is 3.55. The van der Waals surface area contributed by atoms with Crippen molar-refractivity contribution in [3.8, 4) is 0 Å². The standard InChI is InChI=1S/C16H26BrN3/c1-11(2)20-15(10-17)18-19-16(20)14-8-7-12-5-3-4-6-13(12)9-14/h11-14H,3-10H2,1-2H3. The number of fused-ring (bicyclic) bond motifs is 1. The summed E-state index contributed by atoms with van der Waals surface area (Å²) in [6.45, 7) is 4.48. The monoisotopic (exact) mass is 339 g/mol. The van der Waals surface area contributed by atoms with Crippen LogP contribution in [0.3, 0.4) is 0 Å². The van der Waals surface area contributed by atoms with Gasteiger partial charge in [-0.25, -0.2) is 0 Å². The van der Waals surface area contributed by atoms with Gasteiger partial charge in [0.1, 0.15) is 11.6 Å². The molecule has 0 saturated heterocycles. The van der Waals surface area contributed by atoms with Crippen molar-refractivity contribution >= 4 is 15.9 Å². The molecule has 0 spiro atoms. The van der Waals surface area contributed by atoms with E-state index in [-0.39, 0.29) is 0 Å². The SMILES string of the molecule is CC(C)n1c(CBr)nnc1C1CCC2CCCCC2C1. The molecule has 112 valence electrons. The summed E-state index contributed by atoms with van der Waals surface area (Å²) in [6, 6.07) is 0.455. The predicted octanol–water partition coefficient (Wildman–Crippen LogP) is 4.83. The lowest BCUT2D eigenvalue weighted by atomic mass is 9.67. The molecule has 3 unspecified atom stereocenters. The molecule has 1 aromatic heterocycles. The Morgan fingerprint density at radius 1 is 1.10 bits per heavy atom. The van der Waals surface area contributed by atoms with Crippen molar-refractivity contribution in [2.45, 2.75) is 76.1 Å². The van der Waals surface area contributed by atoms with Crippen LogP contribution in [-0.4, -0.2) is 14.8 Å². The normalized spacial score (nSPS) is 30.5. The van der Waals surface area contributed by atoms with Crippen molar-refractivity contribution in [3.05, 3.63) is 11.6 Å². The van der Waals surface area contributed by atoms with Gasteiger partial charge in [0.25, 0.3) is 0 Å². The maximum atomic E-state index is 4.55. The van der Waals surface area contributed by atoms with Crippen LogP contribution >= 0.6 is 15.9 Å². The molecule has 3 rings (SSSR count). The summed E-state index contributed by atoms with van der Waals surface area (Å²) < 4.78 is 2.36. The summed E-state index contributed by atoms with van der Waals surface area (Å²) in [4.78, 5) is 0. The number of hydrogen-bond donors (Lipinski definition) is 0. The van der Waals surface area contributed by atoms with E-state index < -0.39 is 0 Å². The Balaban J connectivity index is 1.81. The van der Waals surface area contributed by atoms with Crippen molar-refractivity contribution in [2.75, 3.05) is 0 Å². The van der Waals surface area contributed by atoms with Crippen molar-refractivity contribution in [2.24, 2.45) is 11.8 Å². The summed E-state index contributed by atoms with van der Waals surface area (Å²) in [5, 5.41) is 9.76. The first-order chi connectivity index (χ1) is 9.70. The molecular weight excluding hydrogens is 314 g/mol. The zero-order chi connectivity index (χ0) is 14.1. The molecule has 0 bridgehead atoms. The number of nitrogens with zero attached hydrogens (tertiary/aromatic N) is 3. The van der Waals surface area contributed by atoms with Gasteiger partial charge in [0.15, 0.2) is 0 Å². The van der Waals surface area contributed by atoms with E-state index in [1.165, 1.54) is 50.8 Å². The quantitative estimate of drug-likeness (QED) is 0.738. The van der Waals surface area contributed by atoms with Gasteiger partial charge in [-0.15, -0.1) is 10.2 Å². The Hall–Kier alpha value is -0.380. The Labute approximate surface area is 130 Å². The summed E-state index contributed by atoms with van der Waals surface area (Å²) in [5.74, 6) is 4.93. The third-order valence-electron chi connectivity index (χ3n) is 5.33. The van der Waals surface area contributed by atoms with E-state index in [0.717, 1.165) is 23.0 Å². The highest BCUT2D eigenvalue weighted by Gasteiger charge is 2.35. The number of alkyl halides is 1. The highest BCUT2D eigenvalue weighted by Crippen LogP contribution is 2.46. The Bertz CT molecular complexity index is 455. The van der Waals surface area contributed by atoms with Crippen LogP contribution in [0.1, 0.15) is 82.4 Å². The maximum Gasteiger partial charge on any atom is 0.143 e. The molecule has 2 aliphatic carbocycles. The summed E-state index contributed by atoms with van der Waals surface area (Å²) in [7, 11) is 0. The minimum Gasteiger partial charge on any atom is -0.311 e. The highest BCUT2D eigenvalue weighted by molar-refractivity contribution is 9.08.